The summed E-state index contributed by atoms with van der Waals surface area (Å²) in [6.07, 6.45) is 2.17. The minimum absolute atomic E-state index is 0.132. The predicted octanol–water partition coefficient (Wildman–Crippen LogP) is 2.46. The molecule has 0 radical (unpaired) electrons. The molecule has 0 saturated heterocycles. The molecule has 4 heteroatoms. The van der Waals surface area contributed by atoms with Crippen LogP contribution >= 0.6 is 0 Å². The van der Waals surface area contributed by atoms with Crippen LogP contribution in [0.25, 0.3) is 0 Å². The second-order valence-corrected chi connectivity index (χ2v) is 3.47. The van der Waals surface area contributed by atoms with Crippen molar-refractivity contribution in [3.8, 4) is 11.5 Å². The van der Waals surface area contributed by atoms with Gasteiger partial charge in [-0.15, -0.1) is 0 Å². The summed E-state index contributed by atoms with van der Waals surface area (Å²) in [6, 6.07) is 2.32. The molecule has 0 spiro atoms. The Bertz CT molecular complexity index is 348. The quantitative estimate of drug-likeness (QED) is 0.812. The van der Waals surface area contributed by atoms with Crippen LogP contribution in [-0.4, -0.2) is 11.7 Å². The van der Waals surface area contributed by atoms with E-state index >= 15 is 0 Å². The molecule has 0 aromatic heterocycles. The molecule has 1 aromatic carbocycles. The smallest absolute Gasteiger partial charge is 0.204 e. The lowest BCUT2D eigenvalue weighted by Gasteiger charge is -2.07. The van der Waals surface area contributed by atoms with Crippen LogP contribution < -0.4 is 4.74 Å². The Morgan fingerprint density at radius 1 is 1.29 bits per heavy atom. The van der Waals surface area contributed by atoms with Crippen LogP contribution in [0, 0.1) is 17.6 Å². The van der Waals surface area contributed by atoms with Crippen LogP contribution in [0.4, 0.5) is 8.78 Å². The van der Waals surface area contributed by atoms with Crippen molar-refractivity contribution in [1.29, 1.82) is 0 Å². The molecule has 1 fully saturated rings. The number of aromatic hydroxyl groups is 1. The fourth-order valence-electron chi connectivity index (χ4n) is 1.13. The molecule has 0 unspecified atom stereocenters. The van der Waals surface area contributed by atoms with E-state index in [0.29, 0.717) is 12.5 Å². The molecule has 14 heavy (non-hydrogen) atoms. The maximum Gasteiger partial charge on any atom is 0.204 e. The molecule has 1 aliphatic rings. The van der Waals surface area contributed by atoms with Gasteiger partial charge < -0.3 is 9.84 Å². The van der Waals surface area contributed by atoms with E-state index in [1.54, 1.807) is 0 Å². The largest absolute Gasteiger partial charge is 0.505 e. The van der Waals surface area contributed by atoms with Crippen molar-refractivity contribution in [3.05, 3.63) is 23.8 Å². The molecule has 1 saturated carbocycles. The Balaban J connectivity index is 2.11. The molecule has 1 aliphatic carbocycles. The summed E-state index contributed by atoms with van der Waals surface area (Å²) in [4.78, 5) is 0. The summed E-state index contributed by atoms with van der Waals surface area (Å²) >= 11 is 0. The lowest BCUT2D eigenvalue weighted by atomic mass is 10.3. The number of ether oxygens (including phenoxy) is 1. The van der Waals surface area contributed by atoms with Gasteiger partial charge in [0.05, 0.1) is 6.61 Å². The van der Waals surface area contributed by atoms with Gasteiger partial charge in [0.1, 0.15) is 0 Å². The number of rotatable bonds is 3. The van der Waals surface area contributed by atoms with Gasteiger partial charge in [-0.25, -0.2) is 0 Å². The SMILES string of the molecule is Oc1ccc(OCC2CC2)c(F)c1F. The van der Waals surface area contributed by atoms with Crippen LogP contribution in [0.1, 0.15) is 12.8 Å². The highest BCUT2D eigenvalue weighted by molar-refractivity contribution is 5.33. The van der Waals surface area contributed by atoms with Crippen LogP contribution in [-0.2, 0) is 0 Å². The van der Waals surface area contributed by atoms with Gasteiger partial charge >= 0.3 is 0 Å². The van der Waals surface area contributed by atoms with E-state index in [4.69, 9.17) is 9.84 Å². The monoisotopic (exact) mass is 200 g/mol. The third kappa shape index (κ3) is 1.78. The number of phenols is 1. The van der Waals surface area contributed by atoms with Crippen molar-refractivity contribution < 1.29 is 18.6 Å². The fourth-order valence-corrected chi connectivity index (χ4v) is 1.13. The maximum atomic E-state index is 13.1. The molecule has 0 bridgehead atoms. The average molecular weight is 200 g/mol. The number of hydrogen-bond acceptors (Lipinski definition) is 2. The van der Waals surface area contributed by atoms with Crippen LogP contribution in [0.15, 0.2) is 12.1 Å². The summed E-state index contributed by atoms with van der Waals surface area (Å²) in [5.41, 5.74) is 0. The molecule has 0 aliphatic heterocycles. The van der Waals surface area contributed by atoms with Gasteiger partial charge in [0.2, 0.25) is 11.6 Å². The minimum atomic E-state index is -1.25. The molecule has 0 atom stereocenters. The third-order valence-corrected chi connectivity index (χ3v) is 2.20. The first kappa shape index (κ1) is 9.24. The Morgan fingerprint density at radius 3 is 2.64 bits per heavy atom. The van der Waals surface area contributed by atoms with Crippen LogP contribution in [0.3, 0.4) is 0 Å². The molecule has 1 N–H and O–H groups in total. The highest BCUT2D eigenvalue weighted by Crippen LogP contribution is 2.31. The van der Waals surface area contributed by atoms with E-state index in [1.165, 1.54) is 6.07 Å². The lowest BCUT2D eigenvalue weighted by Crippen LogP contribution is -2.01. The summed E-state index contributed by atoms with van der Waals surface area (Å²) < 4.78 is 31.0. The topological polar surface area (TPSA) is 29.5 Å². The van der Waals surface area contributed by atoms with Crippen molar-refractivity contribution in [3.63, 3.8) is 0 Å². The first-order valence-electron chi connectivity index (χ1n) is 4.48. The fraction of sp³-hybridized carbons (Fsp3) is 0.400. The van der Waals surface area contributed by atoms with Gasteiger partial charge in [-0.05, 0) is 30.9 Å². The van der Waals surface area contributed by atoms with Crippen molar-refractivity contribution in [1.82, 2.24) is 0 Å². The Labute approximate surface area is 80.1 Å². The van der Waals surface area contributed by atoms with E-state index < -0.39 is 17.4 Å². The predicted molar refractivity (Wildman–Crippen MR) is 46.2 cm³/mol. The van der Waals surface area contributed by atoms with Crippen LogP contribution in [0.2, 0.25) is 0 Å². The third-order valence-electron chi connectivity index (χ3n) is 2.20. The van der Waals surface area contributed by atoms with E-state index in [1.807, 2.05) is 0 Å². The van der Waals surface area contributed by atoms with Crippen molar-refractivity contribution in [2.75, 3.05) is 6.61 Å². The highest BCUT2D eigenvalue weighted by atomic mass is 19.2. The molecular formula is C10H10F2O2. The van der Waals surface area contributed by atoms with E-state index in [9.17, 15) is 8.78 Å². The van der Waals surface area contributed by atoms with Gasteiger partial charge in [0.15, 0.2) is 11.5 Å². The molecule has 76 valence electrons. The highest BCUT2D eigenvalue weighted by Gasteiger charge is 2.23. The zero-order chi connectivity index (χ0) is 10.1. The standard InChI is InChI=1S/C10H10F2O2/c11-9-7(13)3-4-8(10(9)12)14-5-6-1-2-6/h3-4,6,13H,1-2,5H2. The zero-order valence-electron chi connectivity index (χ0n) is 7.46. The Hall–Kier alpha value is -1.32. The van der Waals surface area contributed by atoms with Crippen molar-refractivity contribution in [2.24, 2.45) is 5.92 Å². The molecular weight excluding hydrogens is 190 g/mol. The van der Waals surface area contributed by atoms with Gasteiger partial charge in [-0.1, -0.05) is 0 Å². The minimum Gasteiger partial charge on any atom is -0.505 e. The van der Waals surface area contributed by atoms with E-state index in [0.717, 1.165) is 18.9 Å². The van der Waals surface area contributed by atoms with Crippen molar-refractivity contribution in [2.45, 2.75) is 12.8 Å². The molecule has 2 nitrogen and oxygen atoms in total. The van der Waals surface area contributed by atoms with Gasteiger partial charge in [-0.3, -0.25) is 0 Å². The van der Waals surface area contributed by atoms with Crippen molar-refractivity contribution >= 4 is 0 Å². The average Bonchev–Trinajstić information content (AvgIpc) is 2.97. The first-order chi connectivity index (χ1) is 6.68. The second-order valence-electron chi connectivity index (χ2n) is 3.47. The molecule has 0 amide bonds. The molecule has 0 heterocycles. The summed E-state index contributed by atoms with van der Waals surface area (Å²) in [5, 5.41) is 8.84. The number of hydrogen-bond donors (Lipinski definition) is 1. The lowest BCUT2D eigenvalue weighted by molar-refractivity contribution is 0.277. The van der Waals surface area contributed by atoms with Gasteiger partial charge in [0, 0.05) is 0 Å². The normalized spacial score (nSPS) is 15.6. The Morgan fingerprint density at radius 2 is 2.00 bits per heavy atom. The molecule has 1 aromatic rings. The van der Waals surface area contributed by atoms with E-state index in [-0.39, 0.29) is 5.75 Å². The summed E-state index contributed by atoms with van der Waals surface area (Å²) in [7, 11) is 0. The number of benzene rings is 1. The summed E-state index contributed by atoms with van der Waals surface area (Å²) in [6.45, 7) is 0.418. The second kappa shape index (κ2) is 3.44. The first-order valence-corrected chi connectivity index (χ1v) is 4.48. The van der Waals surface area contributed by atoms with Gasteiger partial charge in [0.25, 0.3) is 0 Å². The Kier molecular flexibility index (Phi) is 2.27. The zero-order valence-corrected chi connectivity index (χ0v) is 7.46. The maximum absolute atomic E-state index is 13.1. The summed E-state index contributed by atoms with van der Waals surface area (Å²) in [5.74, 6) is -2.72. The van der Waals surface area contributed by atoms with E-state index in [2.05, 4.69) is 0 Å². The molecule has 2 rings (SSSR count). The van der Waals surface area contributed by atoms with Crippen LogP contribution in [0.5, 0.6) is 11.5 Å². The number of halogens is 2. The van der Waals surface area contributed by atoms with Gasteiger partial charge in [-0.2, -0.15) is 8.78 Å². The number of phenolic OH excluding ortho intramolecular Hbond substituents is 1.